The lowest BCUT2D eigenvalue weighted by atomic mass is 10.0. The van der Waals surface area contributed by atoms with E-state index < -0.39 is 10.7 Å². The summed E-state index contributed by atoms with van der Waals surface area (Å²) in [4.78, 5) is 21.4. The number of nitriles is 1. The summed E-state index contributed by atoms with van der Waals surface area (Å²) in [5, 5.41) is 19.4. The van der Waals surface area contributed by atoms with Crippen molar-refractivity contribution in [3.63, 3.8) is 0 Å². The van der Waals surface area contributed by atoms with Gasteiger partial charge < -0.3 is 0 Å². The maximum absolute atomic E-state index is 11.4. The van der Waals surface area contributed by atoms with E-state index in [1.807, 2.05) is 0 Å². The van der Waals surface area contributed by atoms with E-state index in [4.69, 9.17) is 16.9 Å². The molecule has 5 nitrogen and oxygen atoms in total. The molecule has 0 atom stereocenters. The van der Waals surface area contributed by atoms with Crippen LogP contribution in [0.4, 0.5) is 5.69 Å². The molecular weight excluding hydrogens is 346 g/mol. The highest BCUT2D eigenvalue weighted by atomic mass is 127. The molecule has 0 bridgehead atoms. The normalized spacial score (nSPS) is 9.56. The van der Waals surface area contributed by atoms with Crippen LogP contribution in [0.1, 0.15) is 15.9 Å². The van der Waals surface area contributed by atoms with Crippen molar-refractivity contribution in [3.05, 3.63) is 36.9 Å². The summed E-state index contributed by atoms with van der Waals surface area (Å²) in [6, 6.07) is 4.14. The Kier molecular flexibility index (Phi) is 4.20. The van der Waals surface area contributed by atoms with E-state index in [2.05, 4.69) is 0 Å². The molecule has 1 rings (SSSR count). The van der Waals surface area contributed by atoms with Gasteiger partial charge >= 0.3 is 0 Å². The Morgan fingerprint density at radius 1 is 1.62 bits per heavy atom. The number of hydrogen-bond donors (Lipinski definition) is 0. The topological polar surface area (TPSA) is 84.0 Å². The number of benzene rings is 1. The van der Waals surface area contributed by atoms with Crippen molar-refractivity contribution < 1.29 is 9.72 Å². The number of carbonyl (C=O) groups excluding carboxylic acids is 1. The summed E-state index contributed by atoms with van der Waals surface area (Å²) in [7, 11) is 0. The molecule has 0 fully saturated rings. The zero-order valence-corrected chi connectivity index (χ0v) is 10.7. The van der Waals surface area contributed by atoms with Gasteiger partial charge in [0.15, 0.2) is 5.78 Å². The number of hydrogen-bond acceptors (Lipinski definition) is 4. The molecule has 0 N–H and O–H groups in total. The number of nitro groups is 1. The molecule has 0 saturated carbocycles. The number of nitrogens with zero attached hydrogens (tertiary/aromatic N) is 2. The third kappa shape index (κ3) is 2.48. The largest absolute Gasteiger partial charge is 0.293 e. The first kappa shape index (κ1) is 12.9. The summed E-state index contributed by atoms with van der Waals surface area (Å²) in [6.07, 6.45) is 0. The Hall–Kier alpha value is -1.20. The third-order valence-corrected chi connectivity index (χ3v) is 2.93. The summed E-state index contributed by atoms with van der Waals surface area (Å²) in [5.41, 5.74) is -0.103. The molecule has 0 aromatic heterocycles. The van der Waals surface area contributed by atoms with E-state index in [1.54, 1.807) is 28.7 Å². The number of rotatable bonds is 3. The van der Waals surface area contributed by atoms with Crippen molar-refractivity contribution in [2.75, 3.05) is 5.88 Å². The van der Waals surface area contributed by atoms with Crippen LogP contribution in [-0.4, -0.2) is 16.6 Å². The molecule has 1 aromatic carbocycles. The second kappa shape index (κ2) is 5.23. The first-order valence-corrected chi connectivity index (χ1v) is 5.59. The van der Waals surface area contributed by atoms with Crippen LogP contribution in [0.3, 0.4) is 0 Å². The Balaban J connectivity index is 3.45. The second-order valence-corrected chi connectivity index (χ2v) is 4.20. The maximum Gasteiger partial charge on any atom is 0.284 e. The van der Waals surface area contributed by atoms with Gasteiger partial charge in [-0.25, -0.2) is 0 Å². The molecule has 0 aliphatic carbocycles. The summed E-state index contributed by atoms with van der Waals surface area (Å²) >= 11 is 7.11. The minimum absolute atomic E-state index is 0.0298. The molecule has 0 spiro atoms. The molecular formula is C9H4ClIN2O3. The smallest absolute Gasteiger partial charge is 0.284 e. The predicted molar refractivity (Wildman–Crippen MR) is 65.6 cm³/mol. The fourth-order valence-electron chi connectivity index (χ4n) is 1.10. The van der Waals surface area contributed by atoms with Gasteiger partial charge in [-0.3, -0.25) is 14.9 Å². The molecule has 16 heavy (non-hydrogen) atoms. The lowest BCUT2D eigenvalue weighted by Gasteiger charge is -2.02. The van der Waals surface area contributed by atoms with Crippen LogP contribution in [0.2, 0.25) is 0 Å². The second-order valence-electron chi connectivity index (χ2n) is 2.77. The number of ketones is 1. The van der Waals surface area contributed by atoms with Crippen LogP contribution in [0.15, 0.2) is 12.1 Å². The van der Waals surface area contributed by atoms with E-state index >= 15 is 0 Å². The molecule has 0 amide bonds. The third-order valence-electron chi connectivity index (χ3n) is 1.83. The zero-order valence-electron chi connectivity index (χ0n) is 7.74. The summed E-state index contributed by atoms with van der Waals surface area (Å²) in [5.74, 6) is -0.686. The number of halogens is 2. The fourth-order valence-corrected chi connectivity index (χ4v) is 1.90. The number of Topliss-reactive ketones (excluding diaryl/α,β-unsaturated/α-hetero) is 1. The van der Waals surface area contributed by atoms with Crippen LogP contribution in [-0.2, 0) is 0 Å². The van der Waals surface area contributed by atoms with E-state index in [0.29, 0.717) is 3.57 Å². The van der Waals surface area contributed by atoms with Gasteiger partial charge in [0.2, 0.25) is 0 Å². The summed E-state index contributed by atoms with van der Waals surface area (Å²) < 4.78 is 0.301. The molecule has 7 heteroatoms. The van der Waals surface area contributed by atoms with Gasteiger partial charge in [-0.05, 0) is 28.7 Å². The zero-order chi connectivity index (χ0) is 12.3. The highest BCUT2D eigenvalue weighted by Gasteiger charge is 2.19. The molecule has 0 radical (unpaired) electrons. The highest BCUT2D eigenvalue weighted by molar-refractivity contribution is 14.1. The standard InChI is InChI=1S/C9H4ClIN2O3/c10-3-9(14)6-2-7(11)8(13(15)16)1-5(6)4-12/h1-2H,3H2. The highest BCUT2D eigenvalue weighted by Crippen LogP contribution is 2.25. The van der Waals surface area contributed by atoms with Crippen LogP contribution in [0, 0.1) is 25.0 Å². The minimum atomic E-state index is -0.600. The fraction of sp³-hybridized carbons (Fsp3) is 0.111. The van der Waals surface area contributed by atoms with Gasteiger partial charge in [0.05, 0.1) is 19.9 Å². The first-order valence-electron chi connectivity index (χ1n) is 3.98. The molecule has 1 aromatic rings. The van der Waals surface area contributed by atoms with Crippen molar-refractivity contribution in [2.24, 2.45) is 0 Å². The van der Waals surface area contributed by atoms with Crippen molar-refractivity contribution in [3.8, 4) is 6.07 Å². The van der Waals surface area contributed by atoms with Crippen molar-refractivity contribution >= 4 is 45.7 Å². The first-order chi connectivity index (χ1) is 7.51. The van der Waals surface area contributed by atoms with Gasteiger partial charge in [-0.1, -0.05) is 0 Å². The Morgan fingerprint density at radius 2 is 2.25 bits per heavy atom. The molecule has 0 saturated heterocycles. The molecule has 0 unspecified atom stereocenters. The molecule has 0 heterocycles. The minimum Gasteiger partial charge on any atom is -0.293 e. The molecule has 0 aliphatic heterocycles. The monoisotopic (exact) mass is 350 g/mol. The van der Waals surface area contributed by atoms with E-state index in [-0.39, 0.29) is 22.7 Å². The van der Waals surface area contributed by atoms with Gasteiger partial charge in [-0.15, -0.1) is 11.6 Å². The molecule has 82 valence electrons. The number of nitro benzene ring substituents is 1. The SMILES string of the molecule is N#Cc1cc([N+](=O)[O-])c(I)cc1C(=O)CCl. The van der Waals surface area contributed by atoms with Crippen LogP contribution < -0.4 is 0 Å². The van der Waals surface area contributed by atoms with Crippen LogP contribution in [0.5, 0.6) is 0 Å². The summed E-state index contributed by atoms with van der Waals surface area (Å²) in [6.45, 7) is 0. The lowest BCUT2D eigenvalue weighted by Crippen LogP contribution is -2.05. The average Bonchev–Trinajstić information content (AvgIpc) is 2.27. The predicted octanol–water partition coefficient (Wildman–Crippen LogP) is 2.49. The van der Waals surface area contributed by atoms with Gasteiger partial charge in [0, 0.05) is 11.6 Å². The number of alkyl halides is 1. The maximum atomic E-state index is 11.4. The van der Waals surface area contributed by atoms with E-state index in [0.717, 1.165) is 6.07 Å². The van der Waals surface area contributed by atoms with Crippen molar-refractivity contribution in [2.45, 2.75) is 0 Å². The Bertz CT molecular complexity index is 510. The van der Waals surface area contributed by atoms with Crippen molar-refractivity contribution in [1.82, 2.24) is 0 Å². The quantitative estimate of drug-likeness (QED) is 0.276. The lowest BCUT2D eigenvalue weighted by molar-refractivity contribution is -0.385. The van der Waals surface area contributed by atoms with E-state index in [9.17, 15) is 14.9 Å². The van der Waals surface area contributed by atoms with Crippen LogP contribution in [0.25, 0.3) is 0 Å². The average molecular weight is 350 g/mol. The number of carbonyl (C=O) groups is 1. The van der Waals surface area contributed by atoms with E-state index in [1.165, 1.54) is 6.07 Å². The van der Waals surface area contributed by atoms with Crippen molar-refractivity contribution in [1.29, 1.82) is 5.26 Å². The van der Waals surface area contributed by atoms with Gasteiger partial charge in [0.1, 0.15) is 6.07 Å². The van der Waals surface area contributed by atoms with Gasteiger partial charge in [-0.2, -0.15) is 5.26 Å². The van der Waals surface area contributed by atoms with Gasteiger partial charge in [0.25, 0.3) is 5.69 Å². The Labute approximate surface area is 109 Å². The Morgan fingerprint density at radius 3 is 2.69 bits per heavy atom. The van der Waals surface area contributed by atoms with Crippen LogP contribution >= 0.6 is 34.2 Å². The molecule has 0 aliphatic rings.